The molecule has 4 heteroatoms. The van der Waals surface area contributed by atoms with Gasteiger partial charge >= 0.3 is 40.7 Å². The van der Waals surface area contributed by atoms with E-state index in [9.17, 15) is 0 Å². The maximum atomic E-state index is 3.00. The second-order valence-electron chi connectivity index (χ2n) is 0.141. The molecule has 0 aliphatic carbocycles. The molecule has 0 amide bonds. The molecule has 0 radical (unpaired) electrons. The first-order valence-electron chi connectivity index (χ1n) is 0.516. The maximum absolute atomic E-state index is 3.00. The van der Waals surface area contributed by atoms with Gasteiger partial charge in [-0.25, -0.2) is 0 Å². The molecule has 2 nitrogen and oxygen atoms in total. The van der Waals surface area contributed by atoms with Gasteiger partial charge in [-0.15, -0.1) is 0 Å². The molecule has 0 saturated carbocycles. The Bertz CT molecular complexity index is 19.2. The summed E-state index contributed by atoms with van der Waals surface area (Å²) in [4.78, 5) is 0. The summed E-state index contributed by atoms with van der Waals surface area (Å²) >= 11 is 6.00. The molecule has 0 aromatic heterocycles. The molecule has 26 valence electrons. The van der Waals surface area contributed by atoms with Gasteiger partial charge in [0.25, 0.3) is 0 Å². The van der Waals surface area contributed by atoms with E-state index in [0.717, 1.165) is 0 Å². The summed E-state index contributed by atoms with van der Waals surface area (Å²) in [6.07, 6.45) is 0. The average molecular weight is 140 g/mol. The second-order valence-corrected chi connectivity index (χ2v) is 0.583. The first kappa shape index (κ1) is 4.64. The van der Waals surface area contributed by atoms with E-state index in [1.165, 1.54) is 0 Å². The summed E-state index contributed by atoms with van der Waals surface area (Å²) in [5.74, 6) is 0. The molecule has 0 aromatic carbocycles. The van der Waals surface area contributed by atoms with E-state index < -0.39 is 0 Å². The van der Waals surface area contributed by atoms with Gasteiger partial charge in [0.1, 0.15) is 0 Å². The Kier molecular flexibility index (Phi) is 4.22. The molecule has 4 heavy (non-hydrogen) atoms. The first-order valence-corrected chi connectivity index (χ1v) is 1.50. The van der Waals surface area contributed by atoms with Crippen LogP contribution < -0.4 is 0 Å². The fourth-order valence-corrected chi connectivity index (χ4v) is 0. The molecule has 0 spiro atoms. The van der Waals surface area contributed by atoms with Crippen molar-refractivity contribution in [2.75, 3.05) is 0 Å². The monoisotopic (exact) mass is 140 g/mol. The van der Waals surface area contributed by atoms with Crippen LogP contribution >= 0.6 is 0 Å². The number of nitrogens with zero attached hydrogens (tertiary/aromatic N) is 2. The van der Waals surface area contributed by atoms with Crippen LogP contribution in [0, 0.1) is 0 Å². The number of hydrogen-bond acceptors (Lipinski definition) is 2. The van der Waals surface area contributed by atoms with E-state index in [0.29, 0.717) is 0 Å². The Hall–Kier alpha value is 0.639. The van der Waals surface area contributed by atoms with Crippen LogP contribution in [0.3, 0.4) is 0 Å². The fraction of sp³-hybridized carbons (Fsp3) is 0. The Morgan fingerprint density at radius 2 is 1.25 bits per heavy atom. The van der Waals surface area contributed by atoms with Crippen LogP contribution in [0.2, 0.25) is 0 Å². The molecule has 0 rings (SSSR count). The van der Waals surface area contributed by atoms with Crippen LogP contribution in [0.4, 0.5) is 0 Å². The van der Waals surface area contributed by atoms with E-state index in [4.69, 9.17) is 0 Å². The minimum atomic E-state index is 3.00. The van der Waals surface area contributed by atoms with Crippen LogP contribution in [-0.2, 0) is 32.5 Å². The van der Waals surface area contributed by atoms with Crippen molar-refractivity contribution in [2.45, 2.75) is 0 Å². The topological polar surface area (TPSA) is 24.7 Å². The van der Waals surface area contributed by atoms with Gasteiger partial charge in [-0.1, -0.05) is 0 Å². The zero-order valence-corrected chi connectivity index (χ0v) is 3.81. The van der Waals surface area contributed by atoms with Crippen LogP contribution in [-0.4, -0.2) is 0 Å². The van der Waals surface area contributed by atoms with Gasteiger partial charge < -0.3 is 0 Å². The van der Waals surface area contributed by atoms with E-state index in [1.807, 2.05) is 0 Å². The van der Waals surface area contributed by atoms with Gasteiger partial charge in [0.15, 0.2) is 0 Å². The fourth-order valence-electron chi connectivity index (χ4n) is 0. The summed E-state index contributed by atoms with van der Waals surface area (Å²) in [5.41, 5.74) is 0. The van der Waals surface area contributed by atoms with Crippen molar-refractivity contribution in [3.8, 4) is 0 Å². The zero-order chi connectivity index (χ0) is 3.41. The quantitative estimate of drug-likeness (QED) is 0.342. The summed E-state index contributed by atoms with van der Waals surface area (Å²) in [6.45, 7) is 0. The molecule has 0 bridgehead atoms. The van der Waals surface area contributed by atoms with Crippen LogP contribution in [0.5, 0.6) is 0 Å². The molecular formula is Fe2N2. The Balaban J connectivity index is 2.55. The van der Waals surface area contributed by atoms with Crippen molar-refractivity contribution >= 4 is 0 Å². The van der Waals surface area contributed by atoms with Crippen molar-refractivity contribution in [2.24, 2.45) is 8.26 Å². The van der Waals surface area contributed by atoms with E-state index >= 15 is 0 Å². The molecule has 0 fully saturated rings. The van der Waals surface area contributed by atoms with E-state index in [1.54, 1.807) is 0 Å². The Morgan fingerprint density at radius 1 is 1.00 bits per heavy atom. The average Bonchev–Trinajstić information content (AvgIpc) is 1.37. The predicted molar refractivity (Wildman–Crippen MR) is 4.86 cm³/mol. The minimum absolute atomic E-state index is 3.00. The van der Waals surface area contributed by atoms with Crippen molar-refractivity contribution in [1.29, 1.82) is 0 Å². The molecule has 0 aromatic rings. The Morgan fingerprint density at radius 3 is 1.25 bits per heavy atom. The van der Waals surface area contributed by atoms with Crippen molar-refractivity contribution in [3.05, 3.63) is 0 Å². The molecule has 0 atom stereocenters. The van der Waals surface area contributed by atoms with Gasteiger partial charge in [-0.3, -0.25) is 0 Å². The first-order chi connectivity index (χ1) is 1.91. The summed E-state index contributed by atoms with van der Waals surface area (Å²) in [7, 11) is 0. The van der Waals surface area contributed by atoms with Crippen LogP contribution in [0.1, 0.15) is 0 Å². The molecule has 0 aliphatic heterocycles. The normalized spacial score (nSPS) is 9.50. The number of hydrogen-bond donors (Lipinski definition) is 0. The van der Waals surface area contributed by atoms with E-state index in [-0.39, 0.29) is 0 Å². The van der Waals surface area contributed by atoms with Gasteiger partial charge in [-0.05, 0) is 0 Å². The third-order valence-electron chi connectivity index (χ3n) is 0.0250. The van der Waals surface area contributed by atoms with Gasteiger partial charge in [-0.2, -0.15) is 0 Å². The van der Waals surface area contributed by atoms with Gasteiger partial charge in [0, 0.05) is 0 Å². The van der Waals surface area contributed by atoms with Crippen molar-refractivity contribution in [3.63, 3.8) is 0 Å². The van der Waals surface area contributed by atoms with Crippen molar-refractivity contribution in [1.82, 2.24) is 0 Å². The summed E-state index contributed by atoms with van der Waals surface area (Å²) < 4.78 is 6.00. The SMILES string of the molecule is [Fe][N]=[N][Fe]. The molecular weight excluding hydrogens is 140 g/mol. The standard InChI is InChI=1S/2Fe.N2/c;;1-2/q2*+1;-2. The van der Waals surface area contributed by atoms with Crippen LogP contribution in [0.25, 0.3) is 0 Å². The number of rotatable bonds is 0. The van der Waals surface area contributed by atoms with E-state index in [2.05, 4.69) is 40.7 Å². The molecule has 0 heterocycles. The summed E-state index contributed by atoms with van der Waals surface area (Å²) in [6, 6.07) is 0. The predicted octanol–water partition coefficient (Wildman–Crippen LogP) is 0.362. The third kappa shape index (κ3) is 2.64. The third-order valence-corrected chi connectivity index (χ3v) is 0.425. The van der Waals surface area contributed by atoms with Gasteiger partial charge in [0.05, 0.1) is 0 Å². The van der Waals surface area contributed by atoms with Crippen LogP contribution in [0.15, 0.2) is 8.26 Å². The van der Waals surface area contributed by atoms with Crippen molar-refractivity contribution < 1.29 is 32.5 Å². The summed E-state index contributed by atoms with van der Waals surface area (Å²) in [5, 5.41) is 0. The molecule has 0 N–H and O–H groups in total. The zero-order valence-electron chi connectivity index (χ0n) is 1.60. The molecule has 0 unspecified atom stereocenters. The van der Waals surface area contributed by atoms with Gasteiger partial charge in [0.2, 0.25) is 0 Å². The molecule has 0 aliphatic rings. The molecule has 0 saturated heterocycles. The Labute approximate surface area is 41.1 Å². The second kappa shape index (κ2) is 3.64.